The molecule has 1 heterocycles. The van der Waals surface area contributed by atoms with E-state index in [1.54, 1.807) is 35.1 Å². The normalized spacial score (nSPS) is 11.0. The number of nitrogens with zero attached hydrogens (tertiary/aromatic N) is 2. The lowest BCUT2D eigenvalue weighted by Gasteiger charge is -2.10. The summed E-state index contributed by atoms with van der Waals surface area (Å²) in [5.41, 5.74) is 2.79. The molecule has 0 saturated carbocycles. The number of anilines is 1. The van der Waals surface area contributed by atoms with Gasteiger partial charge in [-0.15, -0.1) is 0 Å². The summed E-state index contributed by atoms with van der Waals surface area (Å²) in [5, 5.41) is 14.5. The molecule has 0 spiro atoms. The number of nitrogens with two attached hydrogens (primary N) is 1. The van der Waals surface area contributed by atoms with E-state index in [0.717, 1.165) is 33.3 Å². The highest BCUT2D eigenvalue weighted by Gasteiger charge is 2.13. The van der Waals surface area contributed by atoms with Crippen LogP contribution in [0.1, 0.15) is 5.56 Å². The zero-order valence-corrected chi connectivity index (χ0v) is 16.7. The Kier molecular flexibility index (Phi) is 5.53. The molecule has 0 saturated heterocycles. The zero-order valence-electron chi connectivity index (χ0n) is 15.1. The largest absolute Gasteiger partial charge is 0.326 e. The minimum Gasteiger partial charge on any atom is -0.326 e. The number of hydrogen-bond donors (Lipinski definition) is 2. The molecular weight excluding hydrogens is 411 g/mol. The first kappa shape index (κ1) is 19.4. The van der Waals surface area contributed by atoms with Crippen molar-refractivity contribution in [1.29, 1.82) is 0 Å². The number of hydrogen-bond acceptors (Lipinski definition) is 4. The van der Waals surface area contributed by atoms with E-state index in [1.807, 2.05) is 24.3 Å². The standard InChI is InChI=1S/C21H16ClFN4OS/c22-18-4-2-1-3-13(18)9-21(28)26-15-10-19-17(20(11-15)29-24)12-25-27(19)16-7-5-14(23)6-8-16/h1-8,10-12H,9,24H2,(H,26,28). The Bertz CT molecular complexity index is 1190. The van der Waals surface area contributed by atoms with E-state index in [1.165, 1.54) is 12.1 Å². The number of benzene rings is 3. The molecule has 0 fully saturated rings. The molecule has 0 aliphatic heterocycles. The fourth-order valence-corrected chi connectivity index (χ4v) is 3.75. The van der Waals surface area contributed by atoms with Gasteiger partial charge in [0, 0.05) is 21.0 Å². The molecule has 3 aromatic carbocycles. The second-order valence-corrected chi connectivity index (χ2v) is 7.46. The molecule has 0 radical (unpaired) electrons. The van der Waals surface area contributed by atoms with Crippen LogP contribution in [0.4, 0.5) is 10.1 Å². The molecule has 4 rings (SSSR count). The Hall–Kier alpha value is -2.87. The Labute approximate surface area is 175 Å². The van der Waals surface area contributed by atoms with Gasteiger partial charge in [0.05, 0.1) is 23.8 Å². The van der Waals surface area contributed by atoms with Crippen LogP contribution >= 0.6 is 23.5 Å². The topological polar surface area (TPSA) is 72.9 Å². The van der Waals surface area contributed by atoms with E-state index in [-0.39, 0.29) is 18.1 Å². The van der Waals surface area contributed by atoms with Crippen LogP contribution < -0.4 is 10.5 Å². The molecule has 8 heteroatoms. The highest BCUT2D eigenvalue weighted by atomic mass is 35.5. The molecule has 1 amide bonds. The summed E-state index contributed by atoms with van der Waals surface area (Å²) in [5.74, 6) is -0.519. The van der Waals surface area contributed by atoms with Crippen molar-refractivity contribution >= 4 is 46.0 Å². The SMILES string of the molecule is NSc1cc(NC(=O)Cc2ccccc2Cl)cc2c1cnn2-c1ccc(F)cc1. The highest BCUT2D eigenvalue weighted by Crippen LogP contribution is 2.31. The van der Waals surface area contributed by atoms with E-state index < -0.39 is 0 Å². The smallest absolute Gasteiger partial charge is 0.228 e. The summed E-state index contributed by atoms with van der Waals surface area (Å²) < 4.78 is 14.9. The third kappa shape index (κ3) is 4.12. The van der Waals surface area contributed by atoms with Crippen molar-refractivity contribution in [3.63, 3.8) is 0 Å². The molecule has 29 heavy (non-hydrogen) atoms. The van der Waals surface area contributed by atoms with E-state index in [2.05, 4.69) is 10.4 Å². The Morgan fingerprint density at radius 3 is 2.66 bits per heavy atom. The number of amides is 1. The second-order valence-electron chi connectivity index (χ2n) is 6.37. The number of carbonyl (C=O) groups excluding carboxylic acids is 1. The van der Waals surface area contributed by atoms with Crippen LogP contribution in [0.15, 0.2) is 71.8 Å². The molecule has 4 aromatic rings. The average Bonchev–Trinajstić information content (AvgIpc) is 3.13. The lowest BCUT2D eigenvalue weighted by molar-refractivity contribution is -0.115. The molecule has 0 atom stereocenters. The molecule has 0 unspecified atom stereocenters. The minimum absolute atomic E-state index is 0.153. The van der Waals surface area contributed by atoms with E-state index in [4.69, 9.17) is 16.7 Å². The monoisotopic (exact) mass is 426 g/mol. The minimum atomic E-state index is -0.323. The van der Waals surface area contributed by atoms with Gasteiger partial charge < -0.3 is 5.32 Å². The van der Waals surface area contributed by atoms with Crippen molar-refractivity contribution in [2.75, 3.05) is 5.32 Å². The number of halogens is 2. The van der Waals surface area contributed by atoms with Crippen molar-refractivity contribution in [2.45, 2.75) is 11.3 Å². The lowest BCUT2D eigenvalue weighted by Crippen LogP contribution is -2.14. The van der Waals surface area contributed by atoms with E-state index >= 15 is 0 Å². The van der Waals surface area contributed by atoms with Crippen LogP contribution in [-0.4, -0.2) is 15.7 Å². The van der Waals surface area contributed by atoms with Gasteiger partial charge in [-0.2, -0.15) is 5.10 Å². The van der Waals surface area contributed by atoms with Crippen molar-refractivity contribution in [2.24, 2.45) is 5.14 Å². The Balaban J connectivity index is 1.68. The summed E-state index contributed by atoms with van der Waals surface area (Å²) in [4.78, 5) is 13.3. The van der Waals surface area contributed by atoms with Crippen molar-refractivity contribution in [3.05, 3.63) is 83.3 Å². The van der Waals surface area contributed by atoms with Gasteiger partial charge in [0.25, 0.3) is 0 Å². The van der Waals surface area contributed by atoms with Crippen molar-refractivity contribution < 1.29 is 9.18 Å². The molecule has 3 N–H and O–H groups in total. The fraction of sp³-hybridized carbons (Fsp3) is 0.0476. The van der Waals surface area contributed by atoms with Gasteiger partial charge in [-0.3, -0.25) is 9.93 Å². The predicted octanol–water partition coefficient (Wildman–Crippen LogP) is 4.97. The number of rotatable bonds is 5. The first-order valence-corrected chi connectivity index (χ1v) is 9.98. The maximum atomic E-state index is 13.3. The van der Waals surface area contributed by atoms with Crippen molar-refractivity contribution in [3.8, 4) is 5.69 Å². The summed E-state index contributed by atoms with van der Waals surface area (Å²) >= 11 is 7.22. The number of fused-ring (bicyclic) bond motifs is 1. The summed E-state index contributed by atoms with van der Waals surface area (Å²) in [6.07, 6.45) is 1.85. The lowest BCUT2D eigenvalue weighted by atomic mass is 10.1. The van der Waals surface area contributed by atoms with Gasteiger partial charge in [0.1, 0.15) is 5.82 Å². The van der Waals surface area contributed by atoms with Crippen LogP contribution in [0.3, 0.4) is 0 Å². The third-order valence-corrected chi connectivity index (χ3v) is 5.40. The van der Waals surface area contributed by atoms with Crippen molar-refractivity contribution in [1.82, 2.24) is 9.78 Å². The number of carbonyl (C=O) groups is 1. The van der Waals surface area contributed by atoms with Gasteiger partial charge in [-0.1, -0.05) is 29.8 Å². The fourth-order valence-electron chi connectivity index (χ4n) is 3.07. The quantitative estimate of drug-likeness (QED) is 0.442. The van der Waals surface area contributed by atoms with E-state index in [9.17, 15) is 9.18 Å². The van der Waals surface area contributed by atoms with Crippen LogP contribution in [0, 0.1) is 5.82 Å². The van der Waals surface area contributed by atoms with Gasteiger partial charge in [0.15, 0.2) is 0 Å². The first-order valence-electron chi connectivity index (χ1n) is 8.73. The number of aromatic nitrogens is 2. The average molecular weight is 427 g/mol. The Morgan fingerprint density at radius 2 is 1.93 bits per heavy atom. The Morgan fingerprint density at radius 1 is 1.17 bits per heavy atom. The maximum absolute atomic E-state index is 13.3. The van der Waals surface area contributed by atoms with Crippen LogP contribution in [0.2, 0.25) is 5.02 Å². The number of nitrogens with one attached hydrogen (secondary N) is 1. The molecule has 0 aliphatic carbocycles. The molecule has 0 bridgehead atoms. The van der Waals surface area contributed by atoms with Crippen LogP contribution in [0.5, 0.6) is 0 Å². The van der Waals surface area contributed by atoms with Gasteiger partial charge >= 0.3 is 0 Å². The summed E-state index contributed by atoms with van der Waals surface area (Å²) in [7, 11) is 0. The zero-order chi connectivity index (χ0) is 20.4. The van der Waals surface area contributed by atoms with Gasteiger partial charge in [-0.25, -0.2) is 9.07 Å². The molecule has 0 aliphatic rings. The molecule has 146 valence electrons. The summed E-state index contributed by atoms with van der Waals surface area (Å²) in [6.45, 7) is 0. The highest BCUT2D eigenvalue weighted by molar-refractivity contribution is 7.97. The molecule has 1 aromatic heterocycles. The van der Waals surface area contributed by atoms with Crippen LogP contribution in [-0.2, 0) is 11.2 Å². The van der Waals surface area contributed by atoms with Crippen LogP contribution in [0.25, 0.3) is 16.6 Å². The molecule has 5 nitrogen and oxygen atoms in total. The summed E-state index contributed by atoms with van der Waals surface area (Å²) in [6, 6.07) is 16.9. The third-order valence-electron chi connectivity index (χ3n) is 4.44. The van der Waals surface area contributed by atoms with Gasteiger partial charge in [-0.05, 0) is 60.0 Å². The van der Waals surface area contributed by atoms with Gasteiger partial charge in [0.2, 0.25) is 5.91 Å². The predicted molar refractivity (Wildman–Crippen MR) is 115 cm³/mol. The first-order chi connectivity index (χ1) is 14.0. The van der Waals surface area contributed by atoms with E-state index in [0.29, 0.717) is 16.4 Å². The maximum Gasteiger partial charge on any atom is 0.228 e. The second kappa shape index (κ2) is 8.24. The molecular formula is C21H16ClFN4OS.